The first-order valence-corrected chi connectivity index (χ1v) is 12.8. The number of imide groups is 1. The van der Waals surface area contributed by atoms with E-state index in [1.807, 2.05) is 36.4 Å². The van der Waals surface area contributed by atoms with Gasteiger partial charge in [-0.1, -0.05) is 54.9 Å². The van der Waals surface area contributed by atoms with Crippen molar-refractivity contribution in [2.24, 2.45) is 23.2 Å². The van der Waals surface area contributed by atoms with Crippen LogP contribution < -0.4 is 4.90 Å². The normalized spacial score (nSPS) is 29.2. The minimum Gasteiger partial charge on any atom is -0.357 e. The first-order chi connectivity index (χ1) is 15.8. The van der Waals surface area contributed by atoms with Gasteiger partial charge < -0.3 is 4.98 Å². The second kappa shape index (κ2) is 7.30. The number of rotatable bonds is 1. The minimum atomic E-state index is -0.432. The van der Waals surface area contributed by atoms with Gasteiger partial charge in [0.2, 0.25) is 11.8 Å². The highest BCUT2D eigenvalue weighted by Crippen LogP contribution is 2.60. The van der Waals surface area contributed by atoms with E-state index in [-0.39, 0.29) is 29.1 Å². The zero-order chi connectivity index (χ0) is 23.1. The van der Waals surface area contributed by atoms with Gasteiger partial charge in [0.25, 0.3) is 0 Å². The summed E-state index contributed by atoms with van der Waals surface area (Å²) in [4.78, 5) is 32.9. The Kier molecular flexibility index (Phi) is 4.68. The molecule has 4 nitrogen and oxygen atoms in total. The average molecular weight is 505 g/mol. The monoisotopic (exact) mass is 504 g/mol. The molecule has 33 heavy (non-hydrogen) atoms. The summed E-state index contributed by atoms with van der Waals surface area (Å²) >= 11 is 3.64. The third-order valence-corrected chi connectivity index (χ3v) is 8.96. The van der Waals surface area contributed by atoms with Crippen molar-refractivity contribution < 1.29 is 9.59 Å². The van der Waals surface area contributed by atoms with Gasteiger partial charge in [-0.2, -0.15) is 0 Å². The highest BCUT2D eigenvalue weighted by molar-refractivity contribution is 9.10. The van der Waals surface area contributed by atoms with Crippen molar-refractivity contribution in [1.29, 1.82) is 0 Å². The molecule has 2 amide bonds. The van der Waals surface area contributed by atoms with Crippen molar-refractivity contribution in [1.82, 2.24) is 4.98 Å². The Bertz CT molecular complexity index is 1270. The van der Waals surface area contributed by atoms with Gasteiger partial charge in [0, 0.05) is 21.1 Å². The van der Waals surface area contributed by atoms with Gasteiger partial charge in [0.15, 0.2) is 0 Å². The van der Waals surface area contributed by atoms with Crippen molar-refractivity contribution >= 4 is 44.3 Å². The molecule has 2 fully saturated rings. The lowest BCUT2D eigenvalue weighted by Crippen LogP contribution is -2.41. The summed E-state index contributed by atoms with van der Waals surface area (Å²) < 4.78 is 1.04. The van der Waals surface area contributed by atoms with E-state index in [4.69, 9.17) is 0 Å². The van der Waals surface area contributed by atoms with Gasteiger partial charge in [-0.3, -0.25) is 9.59 Å². The Morgan fingerprint density at radius 1 is 1.00 bits per heavy atom. The molecule has 0 spiro atoms. The molecular weight excluding hydrogens is 476 g/mol. The fraction of sp³-hybridized carbons (Fsp3) is 0.429. The van der Waals surface area contributed by atoms with Crippen LogP contribution in [0.5, 0.6) is 0 Å². The number of benzene rings is 2. The number of hydrogen-bond donors (Lipinski definition) is 1. The average Bonchev–Trinajstić information content (AvgIpc) is 3.28. The number of aromatic nitrogens is 1. The van der Waals surface area contributed by atoms with E-state index >= 15 is 0 Å². The van der Waals surface area contributed by atoms with E-state index in [9.17, 15) is 9.59 Å². The molecular formula is C28H29BrN2O2. The number of nitrogens with zero attached hydrogens (tertiary/aromatic N) is 1. The summed E-state index contributed by atoms with van der Waals surface area (Å²) in [6.07, 6.45) is 3.22. The molecule has 5 heteroatoms. The molecule has 5 atom stereocenters. The third kappa shape index (κ3) is 3.08. The van der Waals surface area contributed by atoms with Crippen LogP contribution in [0, 0.1) is 23.2 Å². The number of carbonyl (C=O) groups excluding carboxylic acids is 2. The summed E-state index contributed by atoms with van der Waals surface area (Å²) in [5, 5.41) is 1.19. The Balaban J connectivity index is 1.55. The van der Waals surface area contributed by atoms with Crippen molar-refractivity contribution in [3.05, 3.63) is 64.3 Å². The zero-order valence-corrected chi connectivity index (χ0v) is 20.9. The van der Waals surface area contributed by atoms with Crippen LogP contribution in [0.1, 0.15) is 63.1 Å². The van der Waals surface area contributed by atoms with Crippen molar-refractivity contribution in [3.8, 4) is 0 Å². The lowest BCUT2D eigenvalue weighted by molar-refractivity contribution is -0.123. The Hall–Kier alpha value is -2.40. The van der Waals surface area contributed by atoms with Crippen LogP contribution >= 0.6 is 15.9 Å². The smallest absolute Gasteiger partial charge is 0.243 e. The highest BCUT2D eigenvalue weighted by Gasteiger charge is 2.59. The maximum absolute atomic E-state index is 13.9. The van der Waals surface area contributed by atoms with Crippen LogP contribution in [-0.4, -0.2) is 16.8 Å². The number of fused-ring (bicyclic) bond motifs is 8. The number of anilines is 1. The molecule has 3 aromatic rings. The van der Waals surface area contributed by atoms with E-state index in [0.717, 1.165) is 34.9 Å². The van der Waals surface area contributed by atoms with Gasteiger partial charge in [0.1, 0.15) is 0 Å². The second-order valence-corrected chi connectivity index (χ2v) is 12.1. The summed E-state index contributed by atoms with van der Waals surface area (Å²) in [5.74, 6) is 0.201. The first kappa shape index (κ1) is 21.2. The van der Waals surface area contributed by atoms with Gasteiger partial charge in [-0.15, -0.1) is 0 Å². The van der Waals surface area contributed by atoms with Crippen LogP contribution in [-0.2, 0) is 9.59 Å². The lowest BCUT2D eigenvalue weighted by Gasteiger charge is -2.47. The second-order valence-electron chi connectivity index (χ2n) is 11.1. The molecule has 1 saturated carbocycles. The lowest BCUT2D eigenvalue weighted by atomic mass is 9.56. The largest absolute Gasteiger partial charge is 0.357 e. The summed E-state index contributed by atoms with van der Waals surface area (Å²) in [6, 6.07) is 15.7. The van der Waals surface area contributed by atoms with Crippen LogP contribution in [0.3, 0.4) is 0 Å². The first-order valence-electron chi connectivity index (χ1n) is 12.0. The Labute approximate surface area is 202 Å². The number of hydrogen-bond acceptors (Lipinski definition) is 2. The predicted octanol–water partition coefficient (Wildman–Crippen LogP) is 6.76. The quantitative estimate of drug-likeness (QED) is 0.372. The highest BCUT2D eigenvalue weighted by atomic mass is 79.9. The van der Waals surface area contributed by atoms with Gasteiger partial charge in [-0.25, -0.2) is 4.90 Å². The van der Waals surface area contributed by atoms with Crippen LogP contribution in [0.15, 0.2) is 53.0 Å². The molecule has 3 aliphatic rings. The molecule has 1 aromatic heterocycles. The molecule has 1 unspecified atom stereocenters. The maximum atomic E-state index is 13.9. The molecule has 2 aliphatic carbocycles. The number of nitrogens with one attached hydrogen (secondary N) is 1. The minimum absolute atomic E-state index is 0.0220. The Morgan fingerprint density at radius 3 is 2.48 bits per heavy atom. The topological polar surface area (TPSA) is 53.2 Å². The van der Waals surface area contributed by atoms with Crippen LogP contribution in [0.2, 0.25) is 0 Å². The SMILES string of the molecule is CC(C)(C)C1CC[C@@H]2c3c([nH]c4ccc(Br)cc34)[C@@H]3C(=O)N(c4ccccc4)C(=O)[C@@H]3[C@@H]2C1. The molecule has 0 radical (unpaired) electrons. The number of amides is 2. The van der Waals surface area contributed by atoms with Crippen molar-refractivity contribution in [3.63, 3.8) is 0 Å². The van der Waals surface area contributed by atoms with E-state index in [1.165, 1.54) is 15.8 Å². The number of carbonyl (C=O) groups is 2. The number of aromatic amines is 1. The van der Waals surface area contributed by atoms with Crippen LogP contribution in [0.4, 0.5) is 5.69 Å². The molecule has 0 bridgehead atoms. The standard InChI is InChI=1S/C28H29BrN2O2/c1-28(2,3)15-9-11-18-19(13-15)23-24(25-22(18)20-14-16(29)10-12-21(20)30-25)27(33)31(26(23)32)17-7-5-4-6-8-17/h4-8,10,12,14-15,18-19,23-24,30H,9,11,13H2,1-3H3/t15?,18-,19+,23+,24+/m0/s1. The van der Waals surface area contributed by atoms with E-state index < -0.39 is 5.92 Å². The van der Waals surface area contributed by atoms with Gasteiger partial charge in [0.05, 0.1) is 17.5 Å². The zero-order valence-electron chi connectivity index (χ0n) is 19.3. The fourth-order valence-electron chi connectivity index (χ4n) is 6.86. The van der Waals surface area contributed by atoms with Gasteiger partial charge >= 0.3 is 0 Å². The number of para-hydroxylation sites is 1. The Morgan fingerprint density at radius 2 is 1.76 bits per heavy atom. The van der Waals surface area contributed by atoms with Crippen LogP contribution in [0.25, 0.3) is 10.9 Å². The maximum Gasteiger partial charge on any atom is 0.243 e. The summed E-state index contributed by atoms with van der Waals surface area (Å²) in [6.45, 7) is 6.93. The van der Waals surface area contributed by atoms with Crippen molar-refractivity contribution in [2.75, 3.05) is 4.90 Å². The summed E-state index contributed by atoms with van der Waals surface area (Å²) in [7, 11) is 0. The van der Waals surface area contributed by atoms with E-state index in [0.29, 0.717) is 17.5 Å². The third-order valence-electron chi connectivity index (χ3n) is 8.46. The molecule has 6 rings (SSSR count). The number of halogens is 1. The van der Waals surface area contributed by atoms with E-state index in [1.54, 1.807) is 0 Å². The molecule has 2 heterocycles. The molecule has 1 saturated heterocycles. The van der Waals surface area contributed by atoms with E-state index in [2.05, 4.69) is 53.8 Å². The molecule has 1 N–H and O–H groups in total. The molecule has 2 aromatic carbocycles. The molecule has 1 aliphatic heterocycles. The number of H-pyrrole nitrogens is 1. The molecule has 170 valence electrons. The fourth-order valence-corrected chi connectivity index (χ4v) is 7.22. The van der Waals surface area contributed by atoms with Gasteiger partial charge in [-0.05, 0) is 78.3 Å². The summed E-state index contributed by atoms with van der Waals surface area (Å²) in [5.41, 5.74) is 4.18. The van der Waals surface area contributed by atoms with Crippen molar-refractivity contribution in [2.45, 2.75) is 51.9 Å². The predicted molar refractivity (Wildman–Crippen MR) is 134 cm³/mol.